The highest BCUT2D eigenvalue weighted by molar-refractivity contribution is 5.94. The molecule has 1 atom stereocenters. The van der Waals surface area contributed by atoms with Crippen LogP contribution < -0.4 is 10.1 Å². The molecule has 2 saturated heterocycles. The highest BCUT2D eigenvalue weighted by Crippen LogP contribution is 2.20. The normalized spacial score (nSPS) is 20.1. The fourth-order valence-electron chi connectivity index (χ4n) is 3.59. The van der Waals surface area contributed by atoms with Crippen LogP contribution in [0, 0.1) is 5.92 Å². The lowest BCUT2D eigenvalue weighted by molar-refractivity contribution is 0.0594. The van der Waals surface area contributed by atoms with Gasteiger partial charge in [0.2, 0.25) is 0 Å². The van der Waals surface area contributed by atoms with Gasteiger partial charge in [0.15, 0.2) is 0 Å². The number of amides is 1. The summed E-state index contributed by atoms with van der Waals surface area (Å²) in [5.41, 5.74) is 0.626. The maximum Gasteiger partial charge on any atom is 0.255 e. The third kappa shape index (κ3) is 4.78. The molecule has 1 N–H and O–H groups in total. The third-order valence-corrected chi connectivity index (χ3v) is 5.27. The van der Waals surface area contributed by atoms with E-state index in [0.29, 0.717) is 24.6 Å². The summed E-state index contributed by atoms with van der Waals surface area (Å²) in [6.07, 6.45) is 7.95. The molecular formula is C21H26N4O3. The first kappa shape index (κ1) is 18.7. The average Bonchev–Trinajstić information content (AvgIpc) is 3.27. The number of likely N-dealkylation sites (tertiary alicyclic amines) is 1. The summed E-state index contributed by atoms with van der Waals surface area (Å²) in [5.74, 6) is 2.15. The van der Waals surface area contributed by atoms with Gasteiger partial charge in [0.05, 0.1) is 18.4 Å². The number of aromatic nitrogens is 2. The van der Waals surface area contributed by atoms with Crippen molar-refractivity contribution in [3.05, 3.63) is 48.4 Å². The lowest BCUT2D eigenvalue weighted by Gasteiger charge is -2.32. The Kier molecular flexibility index (Phi) is 6.01. The molecule has 0 saturated carbocycles. The number of piperidine rings is 1. The fourth-order valence-corrected chi connectivity index (χ4v) is 3.59. The van der Waals surface area contributed by atoms with Crippen LogP contribution in [-0.4, -0.2) is 59.7 Å². The second-order valence-corrected chi connectivity index (χ2v) is 7.34. The summed E-state index contributed by atoms with van der Waals surface area (Å²) >= 11 is 0. The van der Waals surface area contributed by atoms with Gasteiger partial charge in [-0.2, -0.15) is 0 Å². The maximum atomic E-state index is 12.7. The number of anilines is 1. The zero-order valence-corrected chi connectivity index (χ0v) is 15.9. The van der Waals surface area contributed by atoms with Crippen molar-refractivity contribution in [2.75, 3.05) is 38.2 Å². The van der Waals surface area contributed by atoms with Crippen molar-refractivity contribution in [1.29, 1.82) is 0 Å². The SMILES string of the molecule is O=C(c1ccc(NC[C@H]2CCOC2)nc1)N1CCC(Oc2cccnc2)CC1. The summed E-state index contributed by atoms with van der Waals surface area (Å²) in [5, 5.41) is 3.32. The number of carbonyl (C=O) groups excluding carboxylic acids is 1. The standard InChI is InChI=1S/C21H26N4O3/c26-21(17-3-4-20(24-13-17)23-12-16-7-11-27-15-16)25-9-5-18(6-10-25)28-19-2-1-8-22-14-19/h1-4,8,13-14,16,18H,5-7,9-12,15H2,(H,23,24)/t16-/m1/s1. The molecule has 2 aliphatic heterocycles. The van der Waals surface area contributed by atoms with E-state index in [9.17, 15) is 4.79 Å². The van der Waals surface area contributed by atoms with Gasteiger partial charge in [0, 0.05) is 57.4 Å². The zero-order chi connectivity index (χ0) is 19.2. The molecule has 0 radical (unpaired) electrons. The maximum absolute atomic E-state index is 12.7. The van der Waals surface area contributed by atoms with Crippen molar-refractivity contribution in [2.24, 2.45) is 5.92 Å². The van der Waals surface area contributed by atoms with E-state index < -0.39 is 0 Å². The summed E-state index contributed by atoms with van der Waals surface area (Å²) in [4.78, 5) is 23.1. The highest BCUT2D eigenvalue weighted by Gasteiger charge is 2.25. The van der Waals surface area contributed by atoms with E-state index in [1.165, 1.54) is 0 Å². The van der Waals surface area contributed by atoms with Gasteiger partial charge < -0.3 is 19.7 Å². The molecule has 4 heterocycles. The summed E-state index contributed by atoms with van der Waals surface area (Å²) < 4.78 is 11.3. The third-order valence-electron chi connectivity index (χ3n) is 5.27. The number of carbonyl (C=O) groups is 1. The predicted octanol–water partition coefficient (Wildman–Crippen LogP) is 2.61. The smallest absolute Gasteiger partial charge is 0.255 e. The van der Waals surface area contributed by atoms with Crippen molar-refractivity contribution in [1.82, 2.24) is 14.9 Å². The van der Waals surface area contributed by atoms with Gasteiger partial charge in [-0.05, 0) is 30.7 Å². The first-order valence-electron chi connectivity index (χ1n) is 9.91. The van der Waals surface area contributed by atoms with E-state index in [1.54, 1.807) is 18.6 Å². The van der Waals surface area contributed by atoms with Gasteiger partial charge in [0.25, 0.3) is 5.91 Å². The summed E-state index contributed by atoms with van der Waals surface area (Å²) in [6, 6.07) is 7.49. The predicted molar refractivity (Wildman–Crippen MR) is 105 cm³/mol. The van der Waals surface area contributed by atoms with Gasteiger partial charge in [-0.25, -0.2) is 4.98 Å². The molecule has 0 aliphatic carbocycles. The molecular weight excluding hydrogens is 356 g/mol. The topological polar surface area (TPSA) is 76.6 Å². The van der Waals surface area contributed by atoms with Crippen molar-refractivity contribution in [3.8, 4) is 5.75 Å². The number of rotatable bonds is 6. The lowest BCUT2D eigenvalue weighted by atomic mass is 10.1. The molecule has 4 rings (SSSR count). The van der Waals surface area contributed by atoms with Crippen LogP contribution >= 0.6 is 0 Å². The first-order valence-corrected chi connectivity index (χ1v) is 9.91. The Balaban J connectivity index is 1.25. The minimum atomic E-state index is 0.0306. The quantitative estimate of drug-likeness (QED) is 0.828. The number of nitrogens with zero attached hydrogens (tertiary/aromatic N) is 3. The molecule has 1 amide bonds. The Morgan fingerprint density at radius 3 is 2.79 bits per heavy atom. The number of ether oxygens (including phenoxy) is 2. The molecule has 148 valence electrons. The van der Waals surface area contributed by atoms with Crippen LogP contribution in [0.4, 0.5) is 5.82 Å². The Labute approximate surface area is 165 Å². The van der Waals surface area contributed by atoms with Crippen LogP contribution in [-0.2, 0) is 4.74 Å². The van der Waals surface area contributed by atoms with Crippen LogP contribution in [0.25, 0.3) is 0 Å². The van der Waals surface area contributed by atoms with Gasteiger partial charge >= 0.3 is 0 Å². The minimum absolute atomic E-state index is 0.0306. The molecule has 0 unspecified atom stereocenters. The van der Waals surface area contributed by atoms with Crippen LogP contribution in [0.1, 0.15) is 29.6 Å². The highest BCUT2D eigenvalue weighted by atomic mass is 16.5. The molecule has 2 aliphatic rings. The van der Waals surface area contributed by atoms with E-state index >= 15 is 0 Å². The zero-order valence-electron chi connectivity index (χ0n) is 15.9. The van der Waals surface area contributed by atoms with E-state index in [0.717, 1.165) is 50.6 Å². The molecule has 7 nitrogen and oxygen atoms in total. The number of pyridine rings is 2. The van der Waals surface area contributed by atoms with E-state index in [4.69, 9.17) is 9.47 Å². The molecule has 2 fully saturated rings. The number of hydrogen-bond donors (Lipinski definition) is 1. The Hall–Kier alpha value is -2.67. The molecule has 0 spiro atoms. The van der Waals surface area contributed by atoms with E-state index in [-0.39, 0.29) is 12.0 Å². The van der Waals surface area contributed by atoms with Crippen LogP contribution in [0.15, 0.2) is 42.9 Å². The Morgan fingerprint density at radius 1 is 1.21 bits per heavy atom. The van der Waals surface area contributed by atoms with Gasteiger partial charge in [0.1, 0.15) is 17.7 Å². The molecule has 28 heavy (non-hydrogen) atoms. The van der Waals surface area contributed by atoms with Crippen LogP contribution in [0.3, 0.4) is 0 Å². The van der Waals surface area contributed by atoms with Crippen LogP contribution in [0.5, 0.6) is 5.75 Å². The van der Waals surface area contributed by atoms with E-state index in [1.807, 2.05) is 29.2 Å². The average molecular weight is 382 g/mol. The lowest BCUT2D eigenvalue weighted by Crippen LogP contribution is -2.41. The molecule has 2 aromatic heterocycles. The second kappa shape index (κ2) is 9.01. The second-order valence-electron chi connectivity index (χ2n) is 7.34. The molecule has 0 aromatic carbocycles. The van der Waals surface area contributed by atoms with E-state index in [2.05, 4.69) is 15.3 Å². The number of hydrogen-bond acceptors (Lipinski definition) is 6. The van der Waals surface area contributed by atoms with Crippen molar-refractivity contribution in [2.45, 2.75) is 25.4 Å². The van der Waals surface area contributed by atoms with Crippen LogP contribution in [0.2, 0.25) is 0 Å². The van der Waals surface area contributed by atoms with Gasteiger partial charge in [-0.3, -0.25) is 9.78 Å². The minimum Gasteiger partial charge on any atom is -0.489 e. The number of nitrogens with one attached hydrogen (secondary N) is 1. The Morgan fingerprint density at radius 2 is 2.11 bits per heavy atom. The van der Waals surface area contributed by atoms with Gasteiger partial charge in [-0.15, -0.1) is 0 Å². The fraction of sp³-hybridized carbons (Fsp3) is 0.476. The molecule has 7 heteroatoms. The largest absolute Gasteiger partial charge is 0.489 e. The summed E-state index contributed by atoms with van der Waals surface area (Å²) in [7, 11) is 0. The first-order chi connectivity index (χ1) is 13.8. The Bertz CT molecular complexity index is 755. The van der Waals surface area contributed by atoms with Crippen molar-refractivity contribution < 1.29 is 14.3 Å². The molecule has 0 bridgehead atoms. The van der Waals surface area contributed by atoms with Gasteiger partial charge in [-0.1, -0.05) is 0 Å². The van der Waals surface area contributed by atoms with Crippen molar-refractivity contribution in [3.63, 3.8) is 0 Å². The molecule has 2 aromatic rings. The monoisotopic (exact) mass is 382 g/mol. The van der Waals surface area contributed by atoms with Crippen molar-refractivity contribution >= 4 is 11.7 Å². The summed E-state index contributed by atoms with van der Waals surface area (Å²) in [6.45, 7) is 3.88.